The summed E-state index contributed by atoms with van der Waals surface area (Å²) in [6.45, 7) is 4.66. The molecule has 5 nitrogen and oxygen atoms in total. The van der Waals surface area contributed by atoms with Gasteiger partial charge in [-0.3, -0.25) is 4.79 Å². The summed E-state index contributed by atoms with van der Waals surface area (Å²) in [7, 11) is 1.65. The quantitative estimate of drug-likeness (QED) is 0.507. The zero-order valence-electron chi connectivity index (χ0n) is 16.5. The van der Waals surface area contributed by atoms with Gasteiger partial charge < -0.3 is 9.47 Å². The molecule has 0 aliphatic heterocycles. The number of ether oxygens (including phenoxy) is 2. The zero-order chi connectivity index (χ0) is 20.1. The van der Waals surface area contributed by atoms with Crippen LogP contribution >= 0.6 is 11.6 Å². The average molecular weight is 401 g/mol. The number of rotatable bonds is 8. The van der Waals surface area contributed by atoms with E-state index in [9.17, 15) is 4.79 Å². The van der Waals surface area contributed by atoms with Crippen LogP contribution in [0, 0.1) is 0 Å². The fourth-order valence-electron chi connectivity index (χ4n) is 3.47. The summed E-state index contributed by atoms with van der Waals surface area (Å²) >= 11 is 6.28. The van der Waals surface area contributed by atoms with Crippen LogP contribution in [-0.4, -0.2) is 29.3 Å². The van der Waals surface area contributed by atoms with Crippen LogP contribution in [0.5, 0.6) is 0 Å². The van der Waals surface area contributed by atoms with Gasteiger partial charge in [0.2, 0.25) is 0 Å². The molecule has 0 saturated heterocycles. The molecular weight excluding hydrogens is 376 g/mol. The van der Waals surface area contributed by atoms with E-state index in [-0.39, 0.29) is 12.4 Å². The highest BCUT2D eigenvalue weighted by Crippen LogP contribution is 2.34. The highest BCUT2D eigenvalue weighted by molar-refractivity contribution is 6.30. The largest absolute Gasteiger partial charge is 0.466 e. The summed E-state index contributed by atoms with van der Waals surface area (Å²) in [5.74, 6) is -0.215. The van der Waals surface area contributed by atoms with Gasteiger partial charge in [0.15, 0.2) is 0 Å². The number of fused-ring (bicyclic) bond motifs is 1. The molecule has 6 heteroatoms. The van der Waals surface area contributed by atoms with Crippen LogP contribution in [-0.2, 0) is 33.7 Å². The minimum Gasteiger partial charge on any atom is -0.466 e. The number of carbonyl (C=O) groups is 1. The first-order chi connectivity index (χ1) is 13.6. The number of esters is 1. The summed E-state index contributed by atoms with van der Waals surface area (Å²) < 4.78 is 12.5. The number of benzene rings is 1. The molecule has 28 heavy (non-hydrogen) atoms. The van der Waals surface area contributed by atoms with Crippen LogP contribution in [0.1, 0.15) is 37.2 Å². The lowest BCUT2D eigenvalue weighted by molar-refractivity contribution is -0.143. The maximum atomic E-state index is 12.0. The van der Waals surface area contributed by atoms with Crippen molar-refractivity contribution in [2.24, 2.45) is 0 Å². The number of aromatic nitrogens is 2. The normalized spacial score (nSPS) is 11.1. The summed E-state index contributed by atoms with van der Waals surface area (Å²) in [6, 6.07) is 11.9. The first kappa shape index (κ1) is 20.4. The van der Waals surface area contributed by atoms with Crippen molar-refractivity contribution in [1.82, 2.24) is 9.61 Å². The molecule has 0 fully saturated rings. The number of hydrogen-bond acceptors (Lipinski definition) is 4. The van der Waals surface area contributed by atoms with Crippen LogP contribution in [0.3, 0.4) is 0 Å². The SMILES string of the molecule is CCOC(=O)CCc1c(COC)nn2c(CC)ccc2c1-c1cccc(Cl)c1. The van der Waals surface area contributed by atoms with Crippen LogP contribution in [0.25, 0.3) is 16.6 Å². The highest BCUT2D eigenvalue weighted by atomic mass is 35.5. The molecule has 0 atom stereocenters. The van der Waals surface area contributed by atoms with Crippen LogP contribution in [0.2, 0.25) is 5.02 Å². The molecule has 0 saturated carbocycles. The van der Waals surface area contributed by atoms with Gasteiger partial charge >= 0.3 is 5.97 Å². The molecule has 3 rings (SSSR count). The molecule has 0 radical (unpaired) electrons. The van der Waals surface area contributed by atoms with E-state index in [4.69, 9.17) is 26.2 Å². The third-order valence-corrected chi connectivity index (χ3v) is 4.94. The monoisotopic (exact) mass is 400 g/mol. The Morgan fingerprint density at radius 2 is 2.04 bits per heavy atom. The summed E-state index contributed by atoms with van der Waals surface area (Å²) in [5.41, 5.74) is 5.96. The number of methoxy groups -OCH3 is 1. The summed E-state index contributed by atoms with van der Waals surface area (Å²) in [6.07, 6.45) is 1.68. The minimum atomic E-state index is -0.215. The molecule has 2 aromatic heterocycles. The lowest BCUT2D eigenvalue weighted by Gasteiger charge is -2.17. The van der Waals surface area contributed by atoms with Crippen molar-refractivity contribution >= 4 is 23.1 Å². The fourth-order valence-corrected chi connectivity index (χ4v) is 3.66. The van der Waals surface area contributed by atoms with Gasteiger partial charge in [0.05, 0.1) is 24.4 Å². The van der Waals surface area contributed by atoms with Gasteiger partial charge in [0, 0.05) is 29.8 Å². The second-order valence-electron chi connectivity index (χ2n) is 6.52. The minimum absolute atomic E-state index is 0.215. The van der Waals surface area contributed by atoms with Crippen molar-refractivity contribution in [3.8, 4) is 11.1 Å². The third-order valence-electron chi connectivity index (χ3n) is 4.70. The van der Waals surface area contributed by atoms with E-state index in [0.717, 1.165) is 40.0 Å². The van der Waals surface area contributed by atoms with Crippen LogP contribution in [0.4, 0.5) is 0 Å². The Labute approximate surface area is 170 Å². The molecule has 3 aromatic rings. The van der Waals surface area contributed by atoms with Crippen molar-refractivity contribution in [3.63, 3.8) is 0 Å². The van der Waals surface area contributed by atoms with Gasteiger partial charge in [0.1, 0.15) is 0 Å². The predicted octanol–water partition coefficient (Wildman–Crippen LogP) is 4.86. The van der Waals surface area contributed by atoms with E-state index in [1.807, 2.05) is 35.7 Å². The van der Waals surface area contributed by atoms with Crippen molar-refractivity contribution < 1.29 is 14.3 Å². The number of carbonyl (C=O) groups excluding carboxylic acids is 1. The molecule has 0 unspecified atom stereocenters. The van der Waals surface area contributed by atoms with Crippen molar-refractivity contribution in [2.45, 2.75) is 39.7 Å². The van der Waals surface area contributed by atoms with E-state index < -0.39 is 0 Å². The average Bonchev–Trinajstić information content (AvgIpc) is 3.08. The van der Waals surface area contributed by atoms with E-state index in [0.29, 0.717) is 24.7 Å². The Kier molecular flexibility index (Phi) is 6.70. The maximum absolute atomic E-state index is 12.0. The van der Waals surface area contributed by atoms with Gasteiger partial charge in [-0.05, 0) is 55.2 Å². The Morgan fingerprint density at radius 3 is 2.71 bits per heavy atom. The number of hydrogen-bond donors (Lipinski definition) is 0. The Balaban J connectivity index is 2.22. The fraction of sp³-hybridized carbons (Fsp3) is 0.364. The van der Waals surface area contributed by atoms with Gasteiger partial charge in [-0.1, -0.05) is 30.7 Å². The maximum Gasteiger partial charge on any atom is 0.306 e. The number of halogens is 1. The molecule has 0 aliphatic rings. The Bertz CT molecular complexity index is 981. The molecule has 0 amide bonds. The third kappa shape index (κ3) is 4.21. The molecular formula is C22H25ClN2O3. The smallest absolute Gasteiger partial charge is 0.306 e. The second kappa shape index (κ2) is 9.22. The number of aryl methyl sites for hydroxylation is 1. The van der Waals surface area contributed by atoms with Crippen LogP contribution < -0.4 is 0 Å². The predicted molar refractivity (Wildman–Crippen MR) is 111 cm³/mol. The van der Waals surface area contributed by atoms with E-state index >= 15 is 0 Å². The van der Waals surface area contributed by atoms with Gasteiger partial charge in [-0.2, -0.15) is 5.10 Å². The second-order valence-corrected chi connectivity index (χ2v) is 6.96. The molecule has 2 heterocycles. The lowest BCUT2D eigenvalue weighted by atomic mass is 9.95. The molecule has 0 spiro atoms. The highest BCUT2D eigenvalue weighted by Gasteiger charge is 2.20. The van der Waals surface area contributed by atoms with Crippen molar-refractivity contribution in [1.29, 1.82) is 0 Å². The first-order valence-corrected chi connectivity index (χ1v) is 9.89. The topological polar surface area (TPSA) is 52.8 Å². The van der Waals surface area contributed by atoms with Gasteiger partial charge in [0.25, 0.3) is 0 Å². The molecule has 0 aliphatic carbocycles. The van der Waals surface area contributed by atoms with Crippen LogP contribution in [0.15, 0.2) is 36.4 Å². The first-order valence-electron chi connectivity index (χ1n) is 9.51. The standard InChI is InChI=1S/C22H25ClN2O3/c1-4-17-9-11-20-22(15-7-6-8-16(23)13-15)18(10-12-21(26)28-5-2)19(14-27-3)24-25(17)20/h6-9,11,13H,4-5,10,12,14H2,1-3H3. The van der Waals surface area contributed by atoms with Crippen molar-refractivity contribution in [3.05, 3.63) is 58.4 Å². The van der Waals surface area contributed by atoms with E-state index in [1.54, 1.807) is 7.11 Å². The molecule has 0 N–H and O–H groups in total. The molecule has 1 aromatic carbocycles. The lowest BCUT2D eigenvalue weighted by Crippen LogP contribution is -2.12. The zero-order valence-corrected chi connectivity index (χ0v) is 17.3. The molecule has 0 bridgehead atoms. The van der Waals surface area contributed by atoms with Gasteiger partial charge in [-0.15, -0.1) is 0 Å². The van der Waals surface area contributed by atoms with Gasteiger partial charge in [-0.25, -0.2) is 4.52 Å². The summed E-state index contributed by atoms with van der Waals surface area (Å²) in [5, 5.41) is 5.50. The van der Waals surface area contributed by atoms with E-state index in [2.05, 4.69) is 19.1 Å². The summed E-state index contributed by atoms with van der Waals surface area (Å²) in [4.78, 5) is 12.0. The Hall–Kier alpha value is -2.37. The van der Waals surface area contributed by atoms with E-state index in [1.165, 1.54) is 0 Å². The van der Waals surface area contributed by atoms with Crippen molar-refractivity contribution in [2.75, 3.05) is 13.7 Å². The molecule has 148 valence electrons. The Morgan fingerprint density at radius 1 is 1.21 bits per heavy atom. The number of nitrogens with zero attached hydrogens (tertiary/aromatic N) is 2.